The van der Waals surface area contributed by atoms with E-state index in [2.05, 4.69) is 9.98 Å². The van der Waals surface area contributed by atoms with Crippen LogP contribution in [0.15, 0.2) is 63.4 Å². The number of rotatable bonds is 6. The molecule has 0 radical (unpaired) electrons. The molecule has 0 aliphatic carbocycles. The van der Waals surface area contributed by atoms with Crippen LogP contribution in [0.5, 0.6) is 5.75 Å². The fourth-order valence-corrected chi connectivity index (χ4v) is 3.10. The average Bonchev–Trinajstić information content (AvgIpc) is 2.73. The third-order valence-electron chi connectivity index (χ3n) is 3.78. The van der Waals surface area contributed by atoms with Gasteiger partial charge in [0, 0.05) is 0 Å². The fourth-order valence-electron chi connectivity index (χ4n) is 2.21. The lowest BCUT2D eigenvalue weighted by molar-refractivity contribution is 0.254. The van der Waals surface area contributed by atoms with Gasteiger partial charge in [-0.1, -0.05) is 29.8 Å². The molecule has 9 nitrogen and oxygen atoms in total. The monoisotopic (exact) mass is 423 g/mol. The molecule has 0 saturated heterocycles. The van der Waals surface area contributed by atoms with Crippen molar-refractivity contribution in [3.8, 4) is 17.9 Å². The molecule has 0 aliphatic rings. The molecule has 0 heterocycles. The SMILES string of the molecule is COc1ccc(CN=C(C#N)C(C#N)=NC(=O)NS(=O)(=O)c2ccc(C)cc2)cc1. The number of carbonyl (C=O) groups is 1. The molecule has 0 unspecified atom stereocenters. The Kier molecular flexibility index (Phi) is 7.39. The zero-order chi connectivity index (χ0) is 22.1. The summed E-state index contributed by atoms with van der Waals surface area (Å²) in [6, 6.07) is 14.6. The van der Waals surface area contributed by atoms with Gasteiger partial charge in [0.05, 0.1) is 18.6 Å². The molecule has 2 aromatic rings. The van der Waals surface area contributed by atoms with Crippen molar-refractivity contribution in [2.24, 2.45) is 9.98 Å². The van der Waals surface area contributed by atoms with Crippen molar-refractivity contribution in [2.45, 2.75) is 18.4 Å². The Morgan fingerprint density at radius 3 is 2.17 bits per heavy atom. The van der Waals surface area contributed by atoms with E-state index >= 15 is 0 Å². The molecular weight excluding hydrogens is 406 g/mol. The minimum absolute atomic E-state index is 0.0525. The minimum Gasteiger partial charge on any atom is -0.497 e. The van der Waals surface area contributed by atoms with Gasteiger partial charge in [-0.15, -0.1) is 0 Å². The summed E-state index contributed by atoms with van der Waals surface area (Å²) < 4.78 is 31.3. The zero-order valence-corrected chi connectivity index (χ0v) is 17.0. The van der Waals surface area contributed by atoms with Crippen LogP contribution in [-0.4, -0.2) is 33.0 Å². The zero-order valence-electron chi connectivity index (χ0n) is 16.2. The van der Waals surface area contributed by atoms with Gasteiger partial charge in [0.25, 0.3) is 10.0 Å². The number of methoxy groups -OCH3 is 1. The van der Waals surface area contributed by atoms with Crippen LogP contribution in [-0.2, 0) is 16.6 Å². The van der Waals surface area contributed by atoms with E-state index in [1.54, 1.807) is 60.2 Å². The summed E-state index contributed by atoms with van der Waals surface area (Å²) in [5.74, 6) is 0.647. The maximum Gasteiger partial charge on any atom is 0.356 e. The van der Waals surface area contributed by atoms with E-state index in [0.717, 1.165) is 11.1 Å². The summed E-state index contributed by atoms with van der Waals surface area (Å²) in [6.45, 7) is 1.84. The second-order valence-electron chi connectivity index (χ2n) is 5.92. The van der Waals surface area contributed by atoms with Gasteiger partial charge in [-0.2, -0.15) is 15.5 Å². The lowest BCUT2D eigenvalue weighted by Crippen LogP contribution is -2.29. The lowest BCUT2D eigenvalue weighted by atomic mass is 10.2. The Labute approximate surface area is 174 Å². The molecule has 30 heavy (non-hydrogen) atoms. The molecule has 0 aromatic heterocycles. The van der Waals surface area contributed by atoms with Gasteiger partial charge in [0.1, 0.15) is 17.9 Å². The van der Waals surface area contributed by atoms with Crippen LogP contribution in [0.2, 0.25) is 0 Å². The molecule has 2 amide bonds. The molecule has 10 heteroatoms. The molecule has 0 atom stereocenters. The number of hydrogen-bond donors (Lipinski definition) is 1. The van der Waals surface area contributed by atoms with E-state index in [1.807, 2.05) is 0 Å². The normalized spacial score (nSPS) is 11.9. The van der Waals surface area contributed by atoms with Gasteiger partial charge in [0.2, 0.25) is 0 Å². The number of ether oxygens (including phenoxy) is 1. The number of aliphatic imine (C=N–C) groups is 2. The standard InChI is InChI=1S/C20H17N5O4S/c1-14-3-9-17(10-4-14)30(27,28)25-20(26)24-19(12-22)18(11-21)23-13-15-5-7-16(29-2)8-6-15/h3-10H,13H2,1-2H3,(H,25,26). The lowest BCUT2D eigenvalue weighted by Gasteiger charge is -2.05. The quantitative estimate of drug-likeness (QED) is 0.707. The van der Waals surface area contributed by atoms with Crippen LogP contribution in [0.1, 0.15) is 11.1 Å². The number of nitrogens with zero attached hydrogens (tertiary/aromatic N) is 4. The van der Waals surface area contributed by atoms with Crippen molar-refractivity contribution in [3.63, 3.8) is 0 Å². The van der Waals surface area contributed by atoms with Gasteiger partial charge in [0.15, 0.2) is 11.4 Å². The number of aryl methyl sites for hydroxylation is 1. The first-order valence-corrected chi connectivity index (χ1v) is 9.97. The van der Waals surface area contributed by atoms with E-state index < -0.39 is 27.5 Å². The van der Waals surface area contributed by atoms with Gasteiger partial charge in [-0.25, -0.2) is 17.9 Å². The second kappa shape index (κ2) is 9.96. The Morgan fingerprint density at radius 2 is 1.63 bits per heavy atom. The predicted octanol–water partition coefficient (Wildman–Crippen LogP) is 2.53. The van der Waals surface area contributed by atoms with Crippen LogP contribution in [0.4, 0.5) is 4.79 Å². The van der Waals surface area contributed by atoms with Crippen LogP contribution < -0.4 is 9.46 Å². The van der Waals surface area contributed by atoms with Crippen LogP contribution in [0.3, 0.4) is 0 Å². The Hall–Kier alpha value is -4.02. The number of sulfonamides is 1. The highest BCUT2D eigenvalue weighted by molar-refractivity contribution is 7.90. The van der Waals surface area contributed by atoms with Gasteiger partial charge < -0.3 is 4.74 Å². The smallest absolute Gasteiger partial charge is 0.356 e. The van der Waals surface area contributed by atoms with Crippen molar-refractivity contribution in [2.75, 3.05) is 7.11 Å². The van der Waals surface area contributed by atoms with E-state index in [-0.39, 0.29) is 11.4 Å². The number of nitriles is 2. The number of urea groups is 1. The third-order valence-corrected chi connectivity index (χ3v) is 5.12. The molecule has 152 valence electrons. The summed E-state index contributed by atoms with van der Waals surface area (Å²) >= 11 is 0. The van der Waals surface area contributed by atoms with Gasteiger partial charge in [-0.05, 0) is 36.8 Å². The molecule has 2 aromatic carbocycles. The Morgan fingerprint density at radius 1 is 1.03 bits per heavy atom. The summed E-state index contributed by atoms with van der Waals surface area (Å²) in [6.07, 6.45) is 0. The van der Waals surface area contributed by atoms with Gasteiger partial charge >= 0.3 is 6.03 Å². The fraction of sp³-hybridized carbons (Fsp3) is 0.150. The summed E-state index contributed by atoms with van der Waals surface area (Å²) in [5, 5.41) is 18.5. The Bertz CT molecular complexity index is 1170. The molecule has 0 fully saturated rings. The van der Waals surface area contributed by atoms with Gasteiger partial charge in [-0.3, -0.25) is 4.99 Å². The molecule has 1 N–H and O–H groups in total. The number of nitrogens with one attached hydrogen (secondary N) is 1. The van der Waals surface area contributed by atoms with Crippen LogP contribution in [0, 0.1) is 29.6 Å². The summed E-state index contributed by atoms with van der Waals surface area (Å²) in [4.78, 5) is 19.3. The van der Waals surface area contributed by atoms with Crippen molar-refractivity contribution in [1.29, 1.82) is 10.5 Å². The highest BCUT2D eigenvalue weighted by atomic mass is 32.2. The molecule has 0 aliphatic heterocycles. The van der Waals surface area contributed by atoms with Crippen molar-refractivity contribution in [3.05, 3.63) is 59.7 Å². The second-order valence-corrected chi connectivity index (χ2v) is 7.60. The molecule has 0 bridgehead atoms. The molecule has 0 saturated carbocycles. The van der Waals surface area contributed by atoms with E-state index in [9.17, 15) is 23.7 Å². The number of hydrogen-bond acceptors (Lipinski definition) is 7. The predicted molar refractivity (Wildman–Crippen MR) is 110 cm³/mol. The summed E-state index contributed by atoms with van der Waals surface area (Å²) in [5.41, 5.74) is 0.586. The number of benzene rings is 2. The van der Waals surface area contributed by atoms with E-state index in [1.165, 1.54) is 19.2 Å². The van der Waals surface area contributed by atoms with E-state index in [0.29, 0.717) is 5.75 Å². The largest absolute Gasteiger partial charge is 0.497 e. The summed E-state index contributed by atoms with van der Waals surface area (Å²) in [7, 11) is -2.65. The van der Waals surface area contributed by atoms with Crippen LogP contribution >= 0.6 is 0 Å². The maximum absolute atomic E-state index is 12.2. The minimum atomic E-state index is -4.18. The highest BCUT2D eigenvalue weighted by Gasteiger charge is 2.19. The molecular formula is C20H17N5O4S. The maximum atomic E-state index is 12.2. The molecule has 2 rings (SSSR count). The third kappa shape index (κ3) is 5.99. The first-order chi connectivity index (χ1) is 14.3. The van der Waals surface area contributed by atoms with Crippen molar-refractivity contribution < 1.29 is 17.9 Å². The van der Waals surface area contributed by atoms with Crippen molar-refractivity contribution in [1.82, 2.24) is 4.72 Å². The first-order valence-electron chi connectivity index (χ1n) is 8.49. The van der Waals surface area contributed by atoms with E-state index in [4.69, 9.17) is 4.74 Å². The van der Waals surface area contributed by atoms with Crippen LogP contribution in [0.25, 0.3) is 0 Å². The average molecular weight is 423 g/mol. The molecule has 0 spiro atoms. The topological polar surface area (TPSA) is 145 Å². The first kappa shape index (κ1) is 22.3. The number of amides is 2. The number of carbonyl (C=O) groups excluding carboxylic acids is 1. The highest BCUT2D eigenvalue weighted by Crippen LogP contribution is 2.12. The van der Waals surface area contributed by atoms with Crippen molar-refractivity contribution >= 4 is 27.5 Å². The Balaban J connectivity index is 2.18.